The first-order chi connectivity index (χ1) is 11.3. The number of allylic oxidation sites excluding steroid dienone is 7. The summed E-state index contributed by atoms with van der Waals surface area (Å²) in [5.41, 5.74) is 0.543. The van der Waals surface area contributed by atoms with Gasteiger partial charge in [0.05, 0.1) is 0 Å². The van der Waals surface area contributed by atoms with E-state index in [0.29, 0.717) is 16.7 Å². The Kier molecular flexibility index (Phi) is 6.72. The SMILES string of the molecule is C=C/C=C(C)/C(C#Cc1c(F)c(F)c(F)c(F)c1F)=C(C)/C=C\C. The number of benzene rings is 1. The molecule has 0 heterocycles. The Hall–Kier alpha value is -2.61. The van der Waals surface area contributed by atoms with E-state index < -0.39 is 34.6 Å². The highest BCUT2D eigenvalue weighted by Crippen LogP contribution is 2.23. The summed E-state index contributed by atoms with van der Waals surface area (Å²) < 4.78 is 66.8. The zero-order chi connectivity index (χ0) is 18.4. The number of hydrogen-bond acceptors (Lipinski definition) is 0. The highest BCUT2D eigenvalue weighted by molar-refractivity contribution is 5.54. The summed E-state index contributed by atoms with van der Waals surface area (Å²) in [6, 6.07) is 0. The third-order valence-corrected chi connectivity index (χ3v) is 3.10. The van der Waals surface area contributed by atoms with Gasteiger partial charge in [-0.1, -0.05) is 42.7 Å². The van der Waals surface area contributed by atoms with Gasteiger partial charge in [-0.3, -0.25) is 0 Å². The summed E-state index contributed by atoms with van der Waals surface area (Å²) in [4.78, 5) is 0. The zero-order valence-corrected chi connectivity index (χ0v) is 13.4. The van der Waals surface area contributed by atoms with Crippen molar-refractivity contribution in [1.82, 2.24) is 0 Å². The molecule has 0 unspecified atom stereocenters. The molecule has 0 saturated heterocycles. The van der Waals surface area contributed by atoms with Gasteiger partial charge in [0.15, 0.2) is 23.3 Å². The molecular formula is C19H15F5. The van der Waals surface area contributed by atoms with Crippen LogP contribution in [0.1, 0.15) is 26.3 Å². The van der Waals surface area contributed by atoms with Crippen LogP contribution in [0.25, 0.3) is 0 Å². The number of hydrogen-bond donors (Lipinski definition) is 0. The molecule has 1 aromatic rings. The van der Waals surface area contributed by atoms with Crippen LogP contribution >= 0.6 is 0 Å². The molecular weight excluding hydrogens is 323 g/mol. The maximum absolute atomic E-state index is 13.7. The second-order valence-corrected chi connectivity index (χ2v) is 4.84. The lowest BCUT2D eigenvalue weighted by Gasteiger charge is -2.05. The zero-order valence-electron chi connectivity index (χ0n) is 13.4. The minimum atomic E-state index is -2.21. The van der Waals surface area contributed by atoms with Gasteiger partial charge in [-0.25, -0.2) is 22.0 Å². The van der Waals surface area contributed by atoms with Crippen molar-refractivity contribution in [1.29, 1.82) is 0 Å². The van der Waals surface area contributed by atoms with Crippen molar-refractivity contribution in [2.24, 2.45) is 0 Å². The molecule has 0 fully saturated rings. The topological polar surface area (TPSA) is 0 Å². The Morgan fingerprint density at radius 3 is 1.88 bits per heavy atom. The normalized spacial score (nSPS) is 12.8. The van der Waals surface area contributed by atoms with Crippen molar-refractivity contribution in [3.63, 3.8) is 0 Å². The quantitative estimate of drug-likeness (QED) is 0.216. The standard InChI is InChI=1S/C19H15F5/c1-5-7-11(3)13(12(4)8-6-2)9-10-14-15(20)17(22)19(24)18(23)16(14)21/h5-8H,1H2,2-4H3/b8-6-,11-7+,13-12+. The summed E-state index contributed by atoms with van der Waals surface area (Å²) >= 11 is 0. The van der Waals surface area contributed by atoms with Gasteiger partial charge in [-0.05, 0) is 31.9 Å². The number of halogens is 5. The summed E-state index contributed by atoms with van der Waals surface area (Å²) in [5, 5.41) is 0. The van der Waals surface area contributed by atoms with Crippen molar-refractivity contribution >= 4 is 0 Å². The average molecular weight is 338 g/mol. The Balaban J connectivity index is 3.63. The molecule has 0 nitrogen and oxygen atoms in total. The van der Waals surface area contributed by atoms with Gasteiger partial charge in [0.2, 0.25) is 5.82 Å². The summed E-state index contributed by atoms with van der Waals surface area (Å²) in [6.07, 6.45) is 6.56. The molecule has 0 aliphatic rings. The van der Waals surface area contributed by atoms with Gasteiger partial charge < -0.3 is 0 Å². The molecule has 0 spiro atoms. The van der Waals surface area contributed by atoms with Gasteiger partial charge in [0, 0.05) is 5.57 Å². The van der Waals surface area contributed by atoms with Gasteiger partial charge >= 0.3 is 0 Å². The molecule has 126 valence electrons. The van der Waals surface area contributed by atoms with Crippen molar-refractivity contribution in [2.75, 3.05) is 0 Å². The van der Waals surface area contributed by atoms with Crippen molar-refractivity contribution in [2.45, 2.75) is 20.8 Å². The van der Waals surface area contributed by atoms with E-state index in [0.717, 1.165) is 0 Å². The fraction of sp³-hybridized carbons (Fsp3) is 0.158. The maximum atomic E-state index is 13.7. The average Bonchev–Trinajstić information content (AvgIpc) is 2.54. The third-order valence-electron chi connectivity index (χ3n) is 3.10. The van der Waals surface area contributed by atoms with Crippen molar-refractivity contribution in [3.05, 3.63) is 82.3 Å². The smallest absolute Gasteiger partial charge is 0.200 e. The molecule has 0 N–H and O–H groups in total. The van der Waals surface area contributed by atoms with Crippen LogP contribution < -0.4 is 0 Å². The van der Waals surface area contributed by atoms with E-state index in [9.17, 15) is 22.0 Å². The lowest BCUT2D eigenvalue weighted by atomic mass is 10.0. The molecule has 0 atom stereocenters. The predicted octanol–water partition coefficient (Wildman–Crippen LogP) is 5.76. The Morgan fingerprint density at radius 1 is 0.917 bits per heavy atom. The predicted molar refractivity (Wildman–Crippen MR) is 84.6 cm³/mol. The third kappa shape index (κ3) is 4.02. The van der Waals surface area contributed by atoms with Crippen LogP contribution in [0, 0.1) is 40.9 Å². The van der Waals surface area contributed by atoms with E-state index in [-0.39, 0.29) is 0 Å². The van der Waals surface area contributed by atoms with E-state index in [4.69, 9.17) is 0 Å². The molecule has 0 aliphatic heterocycles. The fourth-order valence-electron chi connectivity index (χ4n) is 1.94. The first-order valence-electron chi connectivity index (χ1n) is 6.92. The van der Waals surface area contributed by atoms with Crippen molar-refractivity contribution < 1.29 is 22.0 Å². The van der Waals surface area contributed by atoms with E-state index >= 15 is 0 Å². The first kappa shape index (κ1) is 19.4. The van der Waals surface area contributed by atoms with E-state index in [1.165, 1.54) is 6.08 Å². The van der Waals surface area contributed by atoms with Crippen LogP contribution in [-0.4, -0.2) is 0 Å². The first-order valence-corrected chi connectivity index (χ1v) is 6.92. The Morgan fingerprint density at radius 2 is 1.42 bits per heavy atom. The summed E-state index contributed by atoms with van der Waals surface area (Å²) in [6.45, 7) is 8.71. The lowest BCUT2D eigenvalue weighted by Crippen LogP contribution is -2.04. The highest BCUT2D eigenvalue weighted by Gasteiger charge is 2.24. The second kappa shape index (κ2) is 8.30. The molecule has 0 saturated carbocycles. The minimum Gasteiger partial charge on any atom is -0.202 e. The number of rotatable bonds is 3. The van der Waals surface area contributed by atoms with E-state index in [2.05, 4.69) is 18.4 Å². The summed E-state index contributed by atoms with van der Waals surface area (Å²) in [7, 11) is 0. The molecule has 0 amide bonds. The molecule has 0 bridgehead atoms. The highest BCUT2D eigenvalue weighted by atomic mass is 19.2. The van der Waals surface area contributed by atoms with Crippen LogP contribution in [0.15, 0.2) is 47.6 Å². The molecule has 0 aromatic heterocycles. The van der Waals surface area contributed by atoms with Crippen LogP contribution in [0.4, 0.5) is 22.0 Å². The molecule has 0 aliphatic carbocycles. The van der Waals surface area contributed by atoms with Crippen LogP contribution in [-0.2, 0) is 0 Å². The minimum absolute atomic E-state index is 0.400. The van der Waals surface area contributed by atoms with Crippen molar-refractivity contribution in [3.8, 4) is 11.8 Å². The molecule has 1 rings (SSSR count). The van der Waals surface area contributed by atoms with Gasteiger partial charge in [-0.2, -0.15) is 0 Å². The Labute approximate surface area is 137 Å². The Bertz CT molecular complexity index is 785. The molecule has 5 heteroatoms. The molecule has 0 radical (unpaired) electrons. The van der Waals surface area contributed by atoms with Crippen LogP contribution in [0.5, 0.6) is 0 Å². The monoisotopic (exact) mass is 338 g/mol. The van der Waals surface area contributed by atoms with E-state index in [1.807, 2.05) is 0 Å². The van der Waals surface area contributed by atoms with Gasteiger partial charge in [0.1, 0.15) is 5.56 Å². The maximum Gasteiger partial charge on any atom is 0.200 e. The summed E-state index contributed by atoms with van der Waals surface area (Å²) in [5.74, 6) is -5.61. The van der Waals surface area contributed by atoms with Gasteiger partial charge in [-0.15, -0.1) is 0 Å². The largest absolute Gasteiger partial charge is 0.202 e. The molecule has 24 heavy (non-hydrogen) atoms. The second-order valence-electron chi connectivity index (χ2n) is 4.84. The van der Waals surface area contributed by atoms with Crippen LogP contribution in [0.2, 0.25) is 0 Å². The molecule has 1 aromatic carbocycles. The van der Waals surface area contributed by atoms with Crippen LogP contribution in [0.3, 0.4) is 0 Å². The lowest BCUT2D eigenvalue weighted by molar-refractivity contribution is 0.376. The van der Waals surface area contributed by atoms with Gasteiger partial charge in [0.25, 0.3) is 0 Å². The van der Waals surface area contributed by atoms with E-state index in [1.54, 1.807) is 39.0 Å². The fourth-order valence-corrected chi connectivity index (χ4v) is 1.94.